The Labute approximate surface area is 154 Å². The minimum Gasteiger partial charge on any atom is -0.462 e. The number of aromatic nitrogens is 1. The van der Waals surface area contributed by atoms with E-state index in [1.165, 1.54) is 47.8 Å². The van der Waals surface area contributed by atoms with Crippen molar-refractivity contribution in [3.05, 3.63) is 64.8 Å². The van der Waals surface area contributed by atoms with Crippen LogP contribution >= 0.6 is 0 Å². The molecule has 136 valence electrons. The Morgan fingerprint density at radius 2 is 1.92 bits per heavy atom. The molecule has 0 saturated heterocycles. The fourth-order valence-electron chi connectivity index (χ4n) is 3.41. The Balaban J connectivity index is 0.000000153. The quantitative estimate of drug-likeness (QED) is 0.515. The predicted molar refractivity (Wildman–Crippen MR) is 106 cm³/mol. The maximum Gasteiger partial charge on any atom is 0.340 e. The Morgan fingerprint density at radius 3 is 2.69 bits per heavy atom. The lowest BCUT2D eigenvalue weighted by atomic mass is 9.95. The number of nitrogens with one attached hydrogen (secondary N) is 1. The van der Waals surface area contributed by atoms with Crippen molar-refractivity contribution in [1.82, 2.24) is 4.98 Å². The largest absolute Gasteiger partial charge is 0.462 e. The first kappa shape index (κ1) is 18.1. The second-order valence-corrected chi connectivity index (χ2v) is 6.65. The summed E-state index contributed by atoms with van der Waals surface area (Å²) >= 11 is 0. The number of esters is 1. The van der Waals surface area contributed by atoms with E-state index in [0.29, 0.717) is 17.9 Å². The SMILES string of the molecule is CCOC(=O)c1ccccc1N.Cc1ccc2[nH]c3c(c2c1)CCCC3. The van der Waals surface area contributed by atoms with E-state index < -0.39 is 0 Å². The lowest BCUT2D eigenvalue weighted by molar-refractivity contribution is 0.0527. The third kappa shape index (κ3) is 3.90. The molecule has 4 nitrogen and oxygen atoms in total. The maximum atomic E-state index is 11.2. The van der Waals surface area contributed by atoms with E-state index >= 15 is 0 Å². The Kier molecular flexibility index (Phi) is 5.61. The molecule has 4 rings (SSSR count). The molecular weight excluding hydrogens is 324 g/mol. The van der Waals surface area contributed by atoms with Crippen molar-refractivity contribution in [2.24, 2.45) is 0 Å². The standard InChI is InChI=1S/C13H15N.C9H11NO2/c1-9-6-7-13-11(8-9)10-4-2-3-5-12(10)14-13;1-2-12-9(11)7-5-3-4-6-8(7)10/h6-8,14H,2-5H2,1H3;3-6H,2,10H2,1H3. The number of hydrogen-bond acceptors (Lipinski definition) is 3. The van der Waals surface area contributed by atoms with Gasteiger partial charge in [-0.05, 0) is 69.4 Å². The van der Waals surface area contributed by atoms with Crippen molar-refractivity contribution in [3.63, 3.8) is 0 Å². The molecule has 0 fully saturated rings. The first-order chi connectivity index (χ1) is 12.6. The average Bonchev–Trinajstić information content (AvgIpc) is 3.01. The number of nitrogen functional groups attached to an aromatic ring is 1. The third-order valence-electron chi connectivity index (χ3n) is 4.71. The van der Waals surface area contributed by atoms with E-state index in [4.69, 9.17) is 10.5 Å². The Bertz CT molecular complexity index is 912. The van der Waals surface area contributed by atoms with E-state index in [0.717, 1.165) is 0 Å². The van der Waals surface area contributed by atoms with E-state index in [1.54, 1.807) is 36.8 Å². The van der Waals surface area contributed by atoms with Crippen molar-refractivity contribution in [1.29, 1.82) is 0 Å². The van der Waals surface area contributed by atoms with Gasteiger partial charge in [-0.25, -0.2) is 4.79 Å². The molecule has 2 aromatic carbocycles. The Hall–Kier alpha value is -2.75. The number of fused-ring (bicyclic) bond motifs is 3. The number of ether oxygens (including phenoxy) is 1. The van der Waals surface area contributed by atoms with E-state index in [-0.39, 0.29) is 5.97 Å². The number of benzene rings is 2. The number of aromatic amines is 1. The van der Waals surface area contributed by atoms with E-state index in [2.05, 4.69) is 30.1 Å². The molecular formula is C22H26N2O2. The van der Waals surface area contributed by atoms with Crippen LogP contribution in [-0.2, 0) is 17.6 Å². The number of rotatable bonds is 2. The number of carbonyl (C=O) groups is 1. The monoisotopic (exact) mass is 350 g/mol. The van der Waals surface area contributed by atoms with Gasteiger partial charge in [-0.1, -0.05) is 23.8 Å². The van der Waals surface area contributed by atoms with Crippen LogP contribution in [0.5, 0.6) is 0 Å². The number of anilines is 1. The molecule has 0 saturated carbocycles. The van der Waals surface area contributed by atoms with Crippen molar-refractivity contribution in [3.8, 4) is 0 Å². The summed E-state index contributed by atoms with van der Waals surface area (Å²) in [6, 6.07) is 13.6. The van der Waals surface area contributed by atoms with Gasteiger partial charge >= 0.3 is 5.97 Å². The van der Waals surface area contributed by atoms with Crippen LogP contribution in [0.3, 0.4) is 0 Å². The zero-order chi connectivity index (χ0) is 18.5. The highest BCUT2D eigenvalue weighted by Crippen LogP contribution is 2.29. The summed E-state index contributed by atoms with van der Waals surface area (Å²) in [5.41, 5.74) is 12.2. The summed E-state index contributed by atoms with van der Waals surface area (Å²) < 4.78 is 4.79. The van der Waals surface area contributed by atoms with Crippen LogP contribution < -0.4 is 5.73 Å². The van der Waals surface area contributed by atoms with Gasteiger partial charge in [0.2, 0.25) is 0 Å². The molecule has 0 unspecified atom stereocenters. The van der Waals surface area contributed by atoms with Crippen molar-refractivity contribution in [2.45, 2.75) is 39.5 Å². The fraction of sp³-hybridized carbons (Fsp3) is 0.318. The molecule has 0 bridgehead atoms. The topological polar surface area (TPSA) is 68.1 Å². The maximum absolute atomic E-state index is 11.2. The molecule has 1 heterocycles. The molecule has 3 aromatic rings. The molecule has 1 aliphatic rings. The van der Waals surface area contributed by atoms with Gasteiger partial charge in [0.05, 0.1) is 12.2 Å². The summed E-state index contributed by atoms with van der Waals surface area (Å²) in [4.78, 5) is 14.7. The fourth-order valence-corrected chi connectivity index (χ4v) is 3.41. The zero-order valence-corrected chi connectivity index (χ0v) is 15.5. The van der Waals surface area contributed by atoms with Crippen LogP contribution in [0, 0.1) is 6.92 Å². The molecule has 0 aliphatic heterocycles. The molecule has 3 N–H and O–H groups in total. The van der Waals surface area contributed by atoms with Gasteiger partial charge in [0.1, 0.15) is 0 Å². The average molecular weight is 350 g/mol. The van der Waals surface area contributed by atoms with Crippen LogP contribution in [0.15, 0.2) is 42.5 Å². The summed E-state index contributed by atoms with van der Waals surface area (Å²) in [5, 5.41) is 1.46. The molecule has 0 amide bonds. The smallest absolute Gasteiger partial charge is 0.340 e. The predicted octanol–water partition coefficient (Wildman–Crippen LogP) is 4.80. The van der Waals surface area contributed by atoms with Crippen LogP contribution in [0.1, 0.15) is 46.9 Å². The van der Waals surface area contributed by atoms with Gasteiger partial charge in [-0.2, -0.15) is 0 Å². The molecule has 26 heavy (non-hydrogen) atoms. The third-order valence-corrected chi connectivity index (χ3v) is 4.71. The van der Waals surface area contributed by atoms with E-state index in [1.807, 2.05) is 0 Å². The number of nitrogens with two attached hydrogens (primary N) is 1. The lowest BCUT2D eigenvalue weighted by Crippen LogP contribution is -2.07. The second-order valence-electron chi connectivity index (χ2n) is 6.65. The molecule has 1 aromatic heterocycles. The van der Waals surface area contributed by atoms with Crippen molar-refractivity contribution in [2.75, 3.05) is 12.3 Å². The Morgan fingerprint density at radius 1 is 1.15 bits per heavy atom. The number of para-hydroxylation sites is 1. The molecule has 0 radical (unpaired) electrons. The van der Waals surface area contributed by atoms with Crippen LogP contribution in [0.4, 0.5) is 5.69 Å². The summed E-state index contributed by atoms with van der Waals surface area (Å²) in [7, 11) is 0. The molecule has 0 spiro atoms. The normalized spacial score (nSPS) is 12.8. The highest BCUT2D eigenvalue weighted by Gasteiger charge is 2.14. The molecule has 0 atom stereocenters. The van der Waals surface area contributed by atoms with Gasteiger partial charge < -0.3 is 15.5 Å². The first-order valence-corrected chi connectivity index (χ1v) is 9.22. The summed E-state index contributed by atoms with van der Waals surface area (Å²) in [6.07, 6.45) is 5.20. The summed E-state index contributed by atoms with van der Waals surface area (Å²) in [5.74, 6) is -0.365. The van der Waals surface area contributed by atoms with Crippen molar-refractivity contribution < 1.29 is 9.53 Å². The van der Waals surface area contributed by atoms with Gasteiger partial charge in [0, 0.05) is 22.3 Å². The molecule has 1 aliphatic carbocycles. The van der Waals surface area contributed by atoms with Gasteiger partial charge in [0.25, 0.3) is 0 Å². The highest BCUT2D eigenvalue weighted by molar-refractivity contribution is 5.94. The number of H-pyrrole nitrogens is 1. The minimum atomic E-state index is -0.365. The number of aryl methyl sites for hydroxylation is 3. The second kappa shape index (κ2) is 8.09. The van der Waals surface area contributed by atoms with Crippen LogP contribution in [0.2, 0.25) is 0 Å². The van der Waals surface area contributed by atoms with Crippen LogP contribution in [0.25, 0.3) is 10.9 Å². The highest BCUT2D eigenvalue weighted by atomic mass is 16.5. The van der Waals surface area contributed by atoms with Crippen LogP contribution in [-0.4, -0.2) is 17.6 Å². The van der Waals surface area contributed by atoms with Gasteiger partial charge in [0.15, 0.2) is 0 Å². The first-order valence-electron chi connectivity index (χ1n) is 9.22. The number of hydrogen-bond donors (Lipinski definition) is 2. The summed E-state index contributed by atoms with van der Waals surface area (Å²) in [6.45, 7) is 4.30. The van der Waals surface area contributed by atoms with Crippen molar-refractivity contribution >= 4 is 22.6 Å². The molecule has 4 heteroatoms. The number of carbonyl (C=O) groups excluding carboxylic acids is 1. The van der Waals surface area contributed by atoms with Gasteiger partial charge in [-0.3, -0.25) is 0 Å². The van der Waals surface area contributed by atoms with Gasteiger partial charge in [-0.15, -0.1) is 0 Å². The van der Waals surface area contributed by atoms with E-state index in [9.17, 15) is 4.79 Å². The zero-order valence-electron chi connectivity index (χ0n) is 15.5. The minimum absolute atomic E-state index is 0.365. The lowest BCUT2D eigenvalue weighted by Gasteiger charge is -2.10.